The van der Waals surface area contributed by atoms with Gasteiger partial charge >= 0.3 is 5.97 Å². The van der Waals surface area contributed by atoms with Gasteiger partial charge < -0.3 is 15.0 Å². The molecule has 0 spiro atoms. The summed E-state index contributed by atoms with van der Waals surface area (Å²) < 4.78 is 5.00. The average Bonchev–Trinajstić information content (AvgIpc) is 2.80. The molecular formula is C25H20N2O4. The molecule has 0 aliphatic heterocycles. The third-order valence-electron chi connectivity index (χ3n) is 4.86. The van der Waals surface area contributed by atoms with Crippen LogP contribution in [-0.2, 0) is 4.74 Å². The highest BCUT2D eigenvalue weighted by molar-refractivity contribution is 6.19. The molecule has 2 N–H and O–H groups in total. The van der Waals surface area contributed by atoms with Crippen LogP contribution in [0, 0.1) is 0 Å². The number of ether oxygens (including phenoxy) is 1. The van der Waals surface area contributed by atoms with E-state index < -0.39 is 5.97 Å². The lowest BCUT2D eigenvalue weighted by Crippen LogP contribution is -2.16. The van der Waals surface area contributed by atoms with Crippen LogP contribution in [0.2, 0.25) is 0 Å². The molecule has 0 fully saturated rings. The normalized spacial score (nSPS) is 10.6. The Morgan fingerprint density at radius 3 is 2.16 bits per heavy atom. The van der Waals surface area contributed by atoms with Crippen molar-refractivity contribution in [3.05, 3.63) is 106 Å². The van der Waals surface area contributed by atoms with E-state index in [9.17, 15) is 14.4 Å². The first kappa shape index (κ1) is 20.1. The first-order chi connectivity index (χ1) is 15.1. The van der Waals surface area contributed by atoms with Crippen LogP contribution in [-0.4, -0.2) is 23.3 Å². The summed E-state index contributed by atoms with van der Waals surface area (Å²) >= 11 is 0. The van der Waals surface area contributed by atoms with Crippen LogP contribution < -0.4 is 10.9 Å². The largest absolute Gasteiger partial charge is 0.462 e. The van der Waals surface area contributed by atoms with Crippen LogP contribution in [0.15, 0.2) is 83.7 Å². The zero-order valence-electron chi connectivity index (χ0n) is 16.8. The fourth-order valence-electron chi connectivity index (χ4n) is 3.39. The van der Waals surface area contributed by atoms with Crippen LogP contribution in [0.3, 0.4) is 0 Å². The summed E-state index contributed by atoms with van der Waals surface area (Å²) in [7, 11) is 0. The summed E-state index contributed by atoms with van der Waals surface area (Å²) in [6, 6.07) is 22.5. The monoisotopic (exact) mass is 412 g/mol. The minimum atomic E-state index is -0.409. The molecule has 0 saturated heterocycles. The second kappa shape index (κ2) is 8.67. The van der Waals surface area contributed by atoms with Crippen LogP contribution in [0.4, 0.5) is 11.5 Å². The number of aromatic amines is 1. The number of aromatic nitrogens is 1. The van der Waals surface area contributed by atoms with Crippen molar-refractivity contribution in [1.29, 1.82) is 0 Å². The Kier molecular flexibility index (Phi) is 5.62. The van der Waals surface area contributed by atoms with Gasteiger partial charge in [-0.1, -0.05) is 48.5 Å². The molecule has 1 aromatic heterocycles. The van der Waals surface area contributed by atoms with E-state index in [0.717, 1.165) is 0 Å². The number of carbonyl (C=O) groups is 2. The second-order valence-corrected chi connectivity index (χ2v) is 6.87. The number of rotatable bonds is 6. The van der Waals surface area contributed by atoms with Crippen molar-refractivity contribution in [1.82, 2.24) is 4.98 Å². The van der Waals surface area contributed by atoms with E-state index in [1.807, 2.05) is 6.07 Å². The van der Waals surface area contributed by atoms with E-state index in [-0.39, 0.29) is 11.3 Å². The Labute approximate surface area is 178 Å². The minimum absolute atomic E-state index is 0.210. The second-order valence-electron chi connectivity index (χ2n) is 6.87. The quantitative estimate of drug-likeness (QED) is 0.355. The van der Waals surface area contributed by atoms with E-state index in [0.29, 0.717) is 45.6 Å². The predicted molar refractivity (Wildman–Crippen MR) is 120 cm³/mol. The predicted octanol–water partition coefficient (Wildman–Crippen LogP) is 4.68. The lowest BCUT2D eigenvalue weighted by atomic mass is 9.98. The molecule has 0 atom stereocenters. The fourth-order valence-corrected chi connectivity index (χ4v) is 3.39. The van der Waals surface area contributed by atoms with Crippen molar-refractivity contribution in [2.24, 2.45) is 0 Å². The summed E-state index contributed by atoms with van der Waals surface area (Å²) in [6.45, 7) is 2.04. The Bertz CT molecular complexity index is 1310. The lowest BCUT2D eigenvalue weighted by molar-refractivity contribution is 0.0526. The van der Waals surface area contributed by atoms with Crippen molar-refractivity contribution in [2.45, 2.75) is 6.92 Å². The zero-order chi connectivity index (χ0) is 21.8. The zero-order valence-corrected chi connectivity index (χ0v) is 16.8. The van der Waals surface area contributed by atoms with Gasteiger partial charge in [-0.2, -0.15) is 0 Å². The average molecular weight is 412 g/mol. The minimum Gasteiger partial charge on any atom is -0.462 e. The maximum absolute atomic E-state index is 13.4. The molecule has 31 heavy (non-hydrogen) atoms. The van der Waals surface area contributed by atoms with Crippen molar-refractivity contribution >= 4 is 34.0 Å². The molecule has 0 bridgehead atoms. The first-order valence-electron chi connectivity index (χ1n) is 9.87. The highest BCUT2D eigenvalue weighted by Crippen LogP contribution is 2.27. The highest BCUT2D eigenvalue weighted by Gasteiger charge is 2.20. The lowest BCUT2D eigenvalue weighted by Gasteiger charge is -2.14. The topological polar surface area (TPSA) is 88.3 Å². The summed E-state index contributed by atoms with van der Waals surface area (Å²) in [4.78, 5) is 40.7. The molecule has 1 heterocycles. The number of hydrogen-bond donors (Lipinski definition) is 2. The molecule has 4 rings (SSSR count). The van der Waals surface area contributed by atoms with E-state index >= 15 is 0 Å². The van der Waals surface area contributed by atoms with Gasteiger partial charge in [0, 0.05) is 22.0 Å². The number of anilines is 2. The van der Waals surface area contributed by atoms with Gasteiger partial charge in [0.2, 0.25) is 0 Å². The highest BCUT2D eigenvalue weighted by atomic mass is 16.5. The number of esters is 1. The number of hydrogen-bond acceptors (Lipinski definition) is 5. The molecule has 6 heteroatoms. The van der Waals surface area contributed by atoms with Crippen LogP contribution >= 0.6 is 0 Å². The van der Waals surface area contributed by atoms with Crippen LogP contribution in [0.25, 0.3) is 10.8 Å². The third-order valence-corrected chi connectivity index (χ3v) is 4.86. The van der Waals surface area contributed by atoms with Crippen molar-refractivity contribution in [2.75, 3.05) is 11.9 Å². The molecule has 0 amide bonds. The molecule has 0 aliphatic carbocycles. The maximum atomic E-state index is 13.4. The van der Waals surface area contributed by atoms with Gasteiger partial charge in [-0.25, -0.2) is 4.79 Å². The first-order valence-corrected chi connectivity index (χ1v) is 9.87. The maximum Gasteiger partial charge on any atom is 0.338 e. The summed E-state index contributed by atoms with van der Waals surface area (Å²) in [5.74, 6) is -0.326. The number of fused-ring (bicyclic) bond motifs is 1. The summed E-state index contributed by atoms with van der Waals surface area (Å²) in [6.07, 6.45) is 0. The fraction of sp³-hybridized carbons (Fsp3) is 0.0800. The van der Waals surface area contributed by atoms with Crippen LogP contribution in [0.1, 0.15) is 33.2 Å². The van der Waals surface area contributed by atoms with Gasteiger partial charge in [-0.05, 0) is 37.3 Å². The van der Waals surface area contributed by atoms with Crippen LogP contribution in [0.5, 0.6) is 0 Å². The van der Waals surface area contributed by atoms with E-state index in [4.69, 9.17) is 4.74 Å². The van der Waals surface area contributed by atoms with Gasteiger partial charge in [0.05, 0.1) is 17.7 Å². The Balaban J connectivity index is 1.80. The Morgan fingerprint density at radius 1 is 0.839 bits per heavy atom. The number of ketones is 1. The van der Waals surface area contributed by atoms with E-state index in [1.165, 1.54) is 0 Å². The molecule has 4 aromatic rings. The van der Waals surface area contributed by atoms with Gasteiger partial charge in [-0.15, -0.1) is 0 Å². The van der Waals surface area contributed by atoms with Gasteiger partial charge in [0.15, 0.2) is 5.78 Å². The molecule has 0 aliphatic rings. The third kappa shape index (κ3) is 4.09. The van der Waals surface area contributed by atoms with Gasteiger partial charge in [0.25, 0.3) is 5.56 Å². The van der Waals surface area contributed by atoms with Crippen molar-refractivity contribution < 1.29 is 14.3 Å². The smallest absolute Gasteiger partial charge is 0.338 e. The summed E-state index contributed by atoms with van der Waals surface area (Å²) in [5, 5.41) is 4.12. The molecule has 0 saturated carbocycles. The van der Waals surface area contributed by atoms with E-state index in [2.05, 4.69) is 10.3 Å². The van der Waals surface area contributed by atoms with Gasteiger partial charge in [-0.3, -0.25) is 9.59 Å². The molecular weight excluding hydrogens is 392 g/mol. The molecule has 6 nitrogen and oxygen atoms in total. The Hall–Kier alpha value is -4.19. The number of pyridine rings is 1. The molecule has 0 unspecified atom stereocenters. The number of carbonyl (C=O) groups excluding carboxylic acids is 2. The number of benzene rings is 3. The summed E-state index contributed by atoms with van der Waals surface area (Å²) in [5.41, 5.74) is 1.61. The molecule has 154 valence electrons. The standard InChI is InChI=1S/C25H20N2O4/c1-2-31-25(30)17-12-14-18(15-13-17)26-23-21(22(28)16-8-4-3-5-9-16)19-10-6-7-11-20(19)24(29)27-23/h3-15H,2H2,1H3,(H2,26,27,29). The SMILES string of the molecule is CCOC(=O)c1ccc(Nc2[nH]c(=O)c3ccccc3c2C(=O)c2ccccc2)cc1. The van der Waals surface area contributed by atoms with Gasteiger partial charge in [0.1, 0.15) is 5.82 Å². The Morgan fingerprint density at radius 2 is 1.48 bits per heavy atom. The molecule has 3 aromatic carbocycles. The number of nitrogens with one attached hydrogen (secondary N) is 2. The van der Waals surface area contributed by atoms with Crippen molar-refractivity contribution in [3.8, 4) is 0 Å². The number of H-pyrrole nitrogens is 1. The van der Waals surface area contributed by atoms with Crippen molar-refractivity contribution in [3.63, 3.8) is 0 Å². The molecule has 0 radical (unpaired) electrons. The van der Waals surface area contributed by atoms with E-state index in [1.54, 1.807) is 79.7 Å².